The van der Waals surface area contributed by atoms with Gasteiger partial charge in [-0.25, -0.2) is 8.42 Å². The van der Waals surface area contributed by atoms with Crippen molar-refractivity contribution in [3.05, 3.63) is 29.8 Å². The van der Waals surface area contributed by atoms with Crippen LogP contribution < -0.4 is 5.32 Å². The van der Waals surface area contributed by atoms with Gasteiger partial charge in [0.25, 0.3) is 0 Å². The predicted octanol–water partition coefficient (Wildman–Crippen LogP) is 2.19. The molecule has 0 aromatic heterocycles. The van der Waals surface area contributed by atoms with E-state index in [1.165, 1.54) is 0 Å². The summed E-state index contributed by atoms with van der Waals surface area (Å²) in [5.74, 6) is 0.171. The van der Waals surface area contributed by atoms with Gasteiger partial charge in [-0.15, -0.1) is 0 Å². The van der Waals surface area contributed by atoms with E-state index in [4.69, 9.17) is 5.26 Å². The lowest BCUT2D eigenvalue weighted by Gasteiger charge is -2.29. The third kappa shape index (κ3) is 2.96. The van der Waals surface area contributed by atoms with Crippen LogP contribution in [-0.4, -0.2) is 20.2 Å². The van der Waals surface area contributed by atoms with Gasteiger partial charge in [0.15, 0.2) is 9.84 Å². The molecule has 19 heavy (non-hydrogen) atoms. The van der Waals surface area contributed by atoms with Crippen molar-refractivity contribution in [3.8, 4) is 6.07 Å². The standard InChI is InChI=1S/C14H18N2O2S/c1-2-11(7-9-15)16-13-8-10-19(17,18)14-6-4-3-5-12(13)14/h3-6,11,13,16H,2,7-8,10H2,1H3. The molecule has 2 atom stereocenters. The summed E-state index contributed by atoms with van der Waals surface area (Å²) in [6.45, 7) is 2.03. The second-order valence-corrected chi connectivity index (χ2v) is 6.91. The number of hydrogen-bond acceptors (Lipinski definition) is 4. The summed E-state index contributed by atoms with van der Waals surface area (Å²) in [5.41, 5.74) is 0.838. The quantitative estimate of drug-likeness (QED) is 0.916. The summed E-state index contributed by atoms with van der Waals surface area (Å²) in [7, 11) is -3.13. The van der Waals surface area contributed by atoms with E-state index in [0.29, 0.717) is 17.7 Å². The van der Waals surface area contributed by atoms with Gasteiger partial charge >= 0.3 is 0 Å². The van der Waals surface area contributed by atoms with Crippen molar-refractivity contribution in [2.45, 2.75) is 43.2 Å². The molecule has 0 spiro atoms. The third-order valence-corrected chi connectivity index (χ3v) is 5.39. The van der Waals surface area contributed by atoms with Gasteiger partial charge in [-0.05, 0) is 24.5 Å². The highest BCUT2D eigenvalue weighted by Crippen LogP contribution is 2.32. The Morgan fingerprint density at radius 2 is 2.21 bits per heavy atom. The molecule has 0 aliphatic carbocycles. The van der Waals surface area contributed by atoms with Crippen LogP contribution in [0.15, 0.2) is 29.2 Å². The van der Waals surface area contributed by atoms with Crippen LogP contribution in [0.1, 0.15) is 37.8 Å². The number of nitrogens with one attached hydrogen (secondary N) is 1. The fourth-order valence-electron chi connectivity index (χ4n) is 2.48. The minimum atomic E-state index is -3.13. The number of nitriles is 1. The molecule has 0 bridgehead atoms. The Balaban J connectivity index is 2.28. The number of benzene rings is 1. The van der Waals surface area contributed by atoms with Gasteiger partial charge in [-0.3, -0.25) is 0 Å². The van der Waals surface area contributed by atoms with E-state index in [-0.39, 0.29) is 17.8 Å². The largest absolute Gasteiger partial charge is 0.306 e. The first-order valence-corrected chi connectivity index (χ1v) is 8.18. The van der Waals surface area contributed by atoms with Crippen molar-refractivity contribution < 1.29 is 8.42 Å². The van der Waals surface area contributed by atoms with E-state index >= 15 is 0 Å². The van der Waals surface area contributed by atoms with Crippen LogP contribution in [0.25, 0.3) is 0 Å². The summed E-state index contributed by atoms with van der Waals surface area (Å²) >= 11 is 0. The number of sulfone groups is 1. The van der Waals surface area contributed by atoms with Gasteiger partial charge in [0.05, 0.1) is 23.1 Å². The fourth-order valence-corrected chi connectivity index (χ4v) is 4.10. The van der Waals surface area contributed by atoms with Crippen molar-refractivity contribution in [1.82, 2.24) is 5.32 Å². The Hall–Kier alpha value is -1.38. The van der Waals surface area contributed by atoms with Crippen LogP contribution in [0.4, 0.5) is 0 Å². The molecule has 1 heterocycles. The van der Waals surface area contributed by atoms with Gasteiger partial charge in [0, 0.05) is 12.1 Å². The molecule has 0 radical (unpaired) electrons. The molecule has 1 N–H and O–H groups in total. The van der Waals surface area contributed by atoms with E-state index < -0.39 is 9.84 Å². The normalized spacial score (nSPS) is 22.2. The maximum Gasteiger partial charge on any atom is 0.178 e. The van der Waals surface area contributed by atoms with Gasteiger partial charge in [0.1, 0.15) is 0 Å². The smallest absolute Gasteiger partial charge is 0.178 e. The van der Waals surface area contributed by atoms with Crippen molar-refractivity contribution in [2.24, 2.45) is 0 Å². The van der Waals surface area contributed by atoms with Crippen molar-refractivity contribution in [2.75, 3.05) is 5.75 Å². The first-order valence-electron chi connectivity index (χ1n) is 6.53. The number of fused-ring (bicyclic) bond motifs is 1. The lowest BCUT2D eigenvalue weighted by Crippen LogP contribution is -2.36. The zero-order valence-corrected chi connectivity index (χ0v) is 11.8. The monoisotopic (exact) mass is 278 g/mol. The van der Waals surface area contributed by atoms with E-state index in [0.717, 1.165) is 12.0 Å². The minimum absolute atomic E-state index is 0.0259. The molecule has 2 unspecified atom stereocenters. The molecule has 5 heteroatoms. The van der Waals surface area contributed by atoms with Crippen molar-refractivity contribution in [3.63, 3.8) is 0 Å². The Kier molecular flexibility index (Phi) is 4.23. The molecule has 1 aliphatic heterocycles. The molecular weight excluding hydrogens is 260 g/mol. The summed E-state index contributed by atoms with van der Waals surface area (Å²) in [6, 6.07) is 9.46. The zero-order chi connectivity index (χ0) is 13.9. The number of hydrogen-bond donors (Lipinski definition) is 1. The summed E-state index contributed by atoms with van der Waals surface area (Å²) < 4.78 is 24.0. The van der Waals surface area contributed by atoms with Gasteiger partial charge in [0.2, 0.25) is 0 Å². The topological polar surface area (TPSA) is 70.0 Å². The number of rotatable bonds is 4. The Morgan fingerprint density at radius 1 is 1.47 bits per heavy atom. The van der Waals surface area contributed by atoms with E-state index in [2.05, 4.69) is 11.4 Å². The first kappa shape index (κ1) is 14.0. The second-order valence-electron chi connectivity index (χ2n) is 4.83. The van der Waals surface area contributed by atoms with Crippen LogP contribution in [0.5, 0.6) is 0 Å². The average Bonchev–Trinajstić information content (AvgIpc) is 2.41. The maximum absolute atomic E-state index is 12.0. The Bertz CT molecular complexity index is 590. The highest BCUT2D eigenvalue weighted by Gasteiger charge is 2.30. The molecule has 102 valence electrons. The van der Waals surface area contributed by atoms with E-state index in [9.17, 15) is 8.42 Å². The van der Waals surface area contributed by atoms with Gasteiger partial charge < -0.3 is 5.32 Å². The van der Waals surface area contributed by atoms with Crippen molar-refractivity contribution >= 4 is 9.84 Å². The second kappa shape index (κ2) is 5.72. The Labute approximate surface area is 114 Å². The molecule has 4 nitrogen and oxygen atoms in total. The molecule has 0 saturated heterocycles. The zero-order valence-electron chi connectivity index (χ0n) is 11.0. The molecule has 1 aromatic rings. The highest BCUT2D eigenvalue weighted by molar-refractivity contribution is 7.91. The lowest BCUT2D eigenvalue weighted by atomic mass is 10.0. The van der Waals surface area contributed by atoms with Crippen LogP contribution in [-0.2, 0) is 9.84 Å². The fraction of sp³-hybridized carbons (Fsp3) is 0.500. The molecule has 2 rings (SSSR count). The SMILES string of the molecule is CCC(CC#N)NC1CCS(=O)(=O)c2ccccc21. The van der Waals surface area contributed by atoms with Crippen LogP contribution in [0, 0.1) is 11.3 Å². The van der Waals surface area contributed by atoms with Crippen LogP contribution >= 0.6 is 0 Å². The van der Waals surface area contributed by atoms with Gasteiger partial charge in [-0.2, -0.15) is 5.26 Å². The minimum Gasteiger partial charge on any atom is -0.306 e. The average molecular weight is 278 g/mol. The number of nitrogens with zero attached hydrogens (tertiary/aromatic N) is 1. The highest BCUT2D eigenvalue weighted by atomic mass is 32.2. The van der Waals surface area contributed by atoms with E-state index in [1.54, 1.807) is 12.1 Å². The van der Waals surface area contributed by atoms with Crippen molar-refractivity contribution in [1.29, 1.82) is 5.26 Å². The molecule has 0 saturated carbocycles. The van der Waals surface area contributed by atoms with Crippen LogP contribution in [0.3, 0.4) is 0 Å². The molecule has 1 aliphatic rings. The molecular formula is C14H18N2O2S. The Morgan fingerprint density at radius 3 is 2.89 bits per heavy atom. The summed E-state index contributed by atoms with van der Waals surface area (Å²) in [5, 5.41) is 12.2. The summed E-state index contributed by atoms with van der Waals surface area (Å²) in [6.07, 6.45) is 1.88. The van der Waals surface area contributed by atoms with E-state index in [1.807, 2.05) is 19.1 Å². The first-order chi connectivity index (χ1) is 9.08. The lowest BCUT2D eigenvalue weighted by molar-refractivity contribution is 0.409. The molecule has 1 aromatic carbocycles. The molecule has 0 fully saturated rings. The third-order valence-electron chi connectivity index (χ3n) is 3.57. The van der Waals surface area contributed by atoms with Crippen LogP contribution in [0.2, 0.25) is 0 Å². The van der Waals surface area contributed by atoms with Gasteiger partial charge in [-0.1, -0.05) is 25.1 Å². The predicted molar refractivity (Wildman–Crippen MR) is 73.3 cm³/mol. The summed E-state index contributed by atoms with van der Waals surface area (Å²) in [4.78, 5) is 0.436. The maximum atomic E-state index is 12.0. The molecule has 0 amide bonds.